The average Bonchev–Trinajstić information content (AvgIpc) is 2.89. The van der Waals surface area contributed by atoms with Gasteiger partial charge in [-0.25, -0.2) is 4.98 Å². The zero-order valence-corrected chi connectivity index (χ0v) is 13.1. The molecular weight excluding hydrogens is 292 g/mol. The molecule has 0 spiro atoms. The van der Waals surface area contributed by atoms with Crippen LogP contribution in [0.3, 0.4) is 0 Å². The van der Waals surface area contributed by atoms with Crippen molar-refractivity contribution >= 4 is 28.8 Å². The van der Waals surface area contributed by atoms with Crippen LogP contribution in [0.5, 0.6) is 11.5 Å². The molecule has 1 aromatic heterocycles. The highest BCUT2D eigenvalue weighted by molar-refractivity contribution is 7.98. The van der Waals surface area contributed by atoms with E-state index < -0.39 is 0 Å². The van der Waals surface area contributed by atoms with Crippen LogP contribution in [0.1, 0.15) is 9.88 Å². The molecule has 1 aromatic carbocycles. The Morgan fingerprint density at radius 1 is 1.30 bits per heavy atom. The summed E-state index contributed by atoms with van der Waals surface area (Å²) in [4.78, 5) is 6.66. The van der Waals surface area contributed by atoms with E-state index >= 15 is 0 Å². The second-order valence-corrected chi connectivity index (χ2v) is 6.56. The second-order valence-electron chi connectivity index (χ2n) is 4.40. The first-order chi connectivity index (χ1) is 9.76. The molecule has 20 heavy (non-hydrogen) atoms. The van der Waals surface area contributed by atoms with Crippen LogP contribution in [0, 0.1) is 6.92 Å². The highest BCUT2D eigenvalue weighted by Gasteiger charge is 2.15. The van der Waals surface area contributed by atoms with E-state index in [1.807, 2.05) is 25.3 Å². The molecule has 6 heteroatoms. The van der Waals surface area contributed by atoms with Crippen LogP contribution in [0.15, 0.2) is 23.2 Å². The summed E-state index contributed by atoms with van der Waals surface area (Å²) in [6.45, 7) is 4.02. The summed E-state index contributed by atoms with van der Waals surface area (Å²) >= 11 is 3.41. The van der Waals surface area contributed by atoms with Gasteiger partial charge in [-0.05, 0) is 19.2 Å². The number of nitrogens with zero attached hydrogens (tertiary/aromatic N) is 1. The Morgan fingerprint density at radius 2 is 2.05 bits per heavy atom. The standard InChI is InChI=1S/C14H16N2O2S2/c1-9-15-7-10(20-9)8-16-11-5-12-13(6-14(11)19-2)18-4-3-17-12/h5-7,16H,3-4,8H2,1-2H3. The molecule has 3 rings (SSSR count). The lowest BCUT2D eigenvalue weighted by Crippen LogP contribution is -2.15. The van der Waals surface area contributed by atoms with Crippen LogP contribution >= 0.6 is 23.1 Å². The topological polar surface area (TPSA) is 43.4 Å². The molecule has 0 saturated heterocycles. The van der Waals surface area contributed by atoms with Gasteiger partial charge in [-0.15, -0.1) is 23.1 Å². The van der Waals surface area contributed by atoms with Crippen molar-refractivity contribution in [1.29, 1.82) is 0 Å². The van der Waals surface area contributed by atoms with E-state index in [4.69, 9.17) is 9.47 Å². The Hall–Kier alpha value is -1.40. The molecule has 0 amide bonds. The monoisotopic (exact) mass is 308 g/mol. The Bertz CT molecular complexity index is 613. The summed E-state index contributed by atoms with van der Waals surface area (Å²) in [7, 11) is 0. The van der Waals surface area contributed by atoms with Gasteiger partial charge in [-0.3, -0.25) is 0 Å². The van der Waals surface area contributed by atoms with Gasteiger partial charge in [0.1, 0.15) is 13.2 Å². The highest BCUT2D eigenvalue weighted by Crippen LogP contribution is 2.39. The summed E-state index contributed by atoms with van der Waals surface area (Å²) in [5.74, 6) is 1.65. The fourth-order valence-electron chi connectivity index (χ4n) is 2.05. The smallest absolute Gasteiger partial charge is 0.163 e. The van der Waals surface area contributed by atoms with Crippen molar-refractivity contribution in [2.75, 3.05) is 24.8 Å². The lowest BCUT2D eigenvalue weighted by molar-refractivity contribution is 0.171. The maximum absolute atomic E-state index is 5.64. The molecular formula is C14H16N2O2S2. The van der Waals surface area contributed by atoms with Crippen molar-refractivity contribution in [3.63, 3.8) is 0 Å². The minimum atomic E-state index is 0.610. The van der Waals surface area contributed by atoms with Crippen LogP contribution in [0.2, 0.25) is 0 Å². The van der Waals surface area contributed by atoms with E-state index in [1.54, 1.807) is 23.1 Å². The molecule has 1 N–H and O–H groups in total. The largest absolute Gasteiger partial charge is 0.486 e. The predicted molar refractivity (Wildman–Crippen MR) is 83.4 cm³/mol. The maximum Gasteiger partial charge on any atom is 0.163 e. The van der Waals surface area contributed by atoms with E-state index in [9.17, 15) is 0 Å². The molecule has 0 atom stereocenters. The van der Waals surface area contributed by atoms with Crippen molar-refractivity contribution in [3.8, 4) is 11.5 Å². The van der Waals surface area contributed by atoms with Crippen LogP contribution in [-0.2, 0) is 6.54 Å². The molecule has 0 unspecified atom stereocenters. The minimum Gasteiger partial charge on any atom is -0.486 e. The Balaban J connectivity index is 1.80. The van der Waals surface area contributed by atoms with Crippen molar-refractivity contribution in [2.24, 2.45) is 0 Å². The van der Waals surface area contributed by atoms with Gasteiger partial charge >= 0.3 is 0 Å². The normalized spacial score (nSPS) is 13.3. The molecule has 2 heterocycles. The van der Waals surface area contributed by atoms with Gasteiger partial charge in [0.05, 0.1) is 17.2 Å². The number of hydrogen-bond acceptors (Lipinski definition) is 6. The second kappa shape index (κ2) is 5.93. The molecule has 0 aliphatic carbocycles. The van der Waals surface area contributed by atoms with Crippen molar-refractivity contribution in [1.82, 2.24) is 4.98 Å². The first-order valence-corrected chi connectivity index (χ1v) is 8.43. The van der Waals surface area contributed by atoms with Gasteiger partial charge in [0.15, 0.2) is 11.5 Å². The number of aryl methyl sites for hydroxylation is 1. The number of thioether (sulfide) groups is 1. The zero-order valence-electron chi connectivity index (χ0n) is 11.4. The third-order valence-corrected chi connectivity index (χ3v) is 4.68. The Kier molecular flexibility index (Phi) is 4.03. The van der Waals surface area contributed by atoms with Crippen LogP contribution in [0.4, 0.5) is 5.69 Å². The van der Waals surface area contributed by atoms with Crippen LogP contribution < -0.4 is 14.8 Å². The molecule has 0 bridgehead atoms. The summed E-state index contributed by atoms with van der Waals surface area (Å²) in [6.07, 6.45) is 3.98. The number of nitrogens with one attached hydrogen (secondary N) is 1. The number of anilines is 1. The van der Waals surface area contributed by atoms with E-state index in [2.05, 4.69) is 16.6 Å². The summed E-state index contributed by atoms with van der Waals surface area (Å²) in [5.41, 5.74) is 1.08. The average molecular weight is 308 g/mol. The van der Waals surface area contributed by atoms with E-state index in [0.717, 1.165) is 33.6 Å². The van der Waals surface area contributed by atoms with E-state index in [-0.39, 0.29) is 0 Å². The van der Waals surface area contributed by atoms with Gasteiger partial charge in [0.25, 0.3) is 0 Å². The minimum absolute atomic E-state index is 0.610. The first-order valence-electron chi connectivity index (χ1n) is 6.39. The van der Waals surface area contributed by atoms with Gasteiger partial charge in [0.2, 0.25) is 0 Å². The molecule has 0 radical (unpaired) electrons. The van der Waals surface area contributed by atoms with Crippen molar-refractivity contribution < 1.29 is 9.47 Å². The highest BCUT2D eigenvalue weighted by atomic mass is 32.2. The number of hydrogen-bond donors (Lipinski definition) is 1. The SMILES string of the molecule is CSc1cc2c(cc1NCc1cnc(C)s1)OCCO2. The fraction of sp³-hybridized carbons (Fsp3) is 0.357. The number of thiazole rings is 1. The molecule has 1 aliphatic rings. The summed E-state index contributed by atoms with van der Waals surface area (Å²) in [6, 6.07) is 4.06. The number of fused-ring (bicyclic) bond motifs is 1. The fourth-order valence-corrected chi connectivity index (χ4v) is 3.36. The third kappa shape index (κ3) is 2.86. The Morgan fingerprint density at radius 3 is 2.70 bits per heavy atom. The van der Waals surface area contributed by atoms with Gasteiger partial charge in [-0.1, -0.05) is 0 Å². The maximum atomic E-state index is 5.64. The molecule has 1 aliphatic heterocycles. The van der Waals surface area contributed by atoms with E-state index in [1.165, 1.54) is 4.88 Å². The van der Waals surface area contributed by atoms with Crippen LogP contribution in [-0.4, -0.2) is 24.5 Å². The van der Waals surface area contributed by atoms with Crippen molar-refractivity contribution in [3.05, 3.63) is 28.2 Å². The first kappa shape index (κ1) is 13.6. The van der Waals surface area contributed by atoms with Gasteiger partial charge in [-0.2, -0.15) is 0 Å². The van der Waals surface area contributed by atoms with Gasteiger partial charge < -0.3 is 14.8 Å². The number of benzene rings is 1. The Labute approximate surface area is 126 Å². The third-order valence-electron chi connectivity index (χ3n) is 2.99. The zero-order chi connectivity index (χ0) is 13.9. The lowest BCUT2D eigenvalue weighted by atomic mass is 10.2. The predicted octanol–water partition coefficient (Wildman–Crippen LogP) is 3.56. The summed E-state index contributed by atoms with van der Waals surface area (Å²) < 4.78 is 11.2. The number of rotatable bonds is 4. The summed E-state index contributed by atoms with van der Waals surface area (Å²) in [5, 5.41) is 4.55. The molecule has 106 valence electrons. The number of aromatic nitrogens is 1. The lowest BCUT2D eigenvalue weighted by Gasteiger charge is -2.21. The van der Waals surface area contributed by atoms with Crippen LogP contribution in [0.25, 0.3) is 0 Å². The molecule has 4 nitrogen and oxygen atoms in total. The molecule has 0 fully saturated rings. The number of ether oxygens (including phenoxy) is 2. The van der Waals surface area contributed by atoms with E-state index in [0.29, 0.717) is 13.2 Å². The van der Waals surface area contributed by atoms with Gasteiger partial charge in [0, 0.05) is 22.0 Å². The van der Waals surface area contributed by atoms with Crippen molar-refractivity contribution in [2.45, 2.75) is 18.4 Å². The quantitative estimate of drug-likeness (QED) is 0.875. The molecule has 2 aromatic rings. The molecule has 0 saturated carbocycles.